The average Bonchev–Trinajstić information content (AvgIpc) is 3.18. The Bertz CT molecular complexity index is 758. The smallest absolute Gasteiger partial charge is 0.319 e. The first-order valence-corrected chi connectivity index (χ1v) is 8.77. The number of amides is 2. The van der Waals surface area contributed by atoms with Crippen molar-refractivity contribution in [3.63, 3.8) is 0 Å². The highest BCUT2D eigenvalue weighted by Crippen LogP contribution is 2.25. The summed E-state index contributed by atoms with van der Waals surface area (Å²) in [5, 5.41) is 23.5. The number of aliphatic hydroxyl groups excluding tert-OH is 1. The Labute approximate surface area is 147 Å². The molecule has 25 heavy (non-hydrogen) atoms. The van der Waals surface area contributed by atoms with Crippen molar-refractivity contribution in [2.75, 3.05) is 11.9 Å². The fourth-order valence-electron chi connectivity index (χ4n) is 3.11. The maximum atomic E-state index is 12.3. The molecular weight excluding hydrogens is 318 g/mol. The molecule has 0 bridgehead atoms. The number of carbonyl (C=O) groups excluding carboxylic acids is 1. The zero-order chi connectivity index (χ0) is 17.9. The number of benzene rings is 1. The number of nitrogens with zero attached hydrogens (tertiary/aromatic N) is 3. The molecule has 0 spiro atoms. The lowest BCUT2D eigenvalue weighted by molar-refractivity contribution is 0.208. The lowest BCUT2D eigenvalue weighted by atomic mass is 9.95. The molecule has 0 fully saturated rings. The normalized spacial score (nSPS) is 15.5. The lowest BCUT2D eigenvalue weighted by Crippen LogP contribution is -2.48. The summed E-state index contributed by atoms with van der Waals surface area (Å²) in [5.74, 6) is 1.86. The number of hydrogen-bond acceptors (Lipinski definition) is 4. The van der Waals surface area contributed by atoms with Crippen molar-refractivity contribution in [1.29, 1.82) is 0 Å². The summed E-state index contributed by atoms with van der Waals surface area (Å²) in [6, 6.07) is 7.35. The molecule has 1 aromatic carbocycles. The van der Waals surface area contributed by atoms with Crippen molar-refractivity contribution in [3.8, 4) is 11.4 Å². The van der Waals surface area contributed by atoms with E-state index >= 15 is 0 Å². The van der Waals surface area contributed by atoms with E-state index in [4.69, 9.17) is 5.11 Å². The molecule has 0 aliphatic carbocycles. The number of aryl methyl sites for hydroxylation is 1. The van der Waals surface area contributed by atoms with Crippen LogP contribution in [0.2, 0.25) is 0 Å². The van der Waals surface area contributed by atoms with Gasteiger partial charge in [-0.15, -0.1) is 10.2 Å². The largest absolute Gasteiger partial charge is 0.396 e. The fraction of sp³-hybridized carbons (Fsp3) is 0.500. The zero-order valence-electron chi connectivity index (χ0n) is 14.7. The molecular formula is C18H25N5O2. The Kier molecular flexibility index (Phi) is 5.03. The van der Waals surface area contributed by atoms with Crippen LogP contribution >= 0.6 is 0 Å². The summed E-state index contributed by atoms with van der Waals surface area (Å²) in [5.41, 5.74) is 1.21. The topological polar surface area (TPSA) is 92.1 Å². The molecule has 1 aromatic heterocycles. The Hall–Kier alpha value is -2.41. The van der Waals surface area contributed by atoms with Crippen LogP contribution in [0.1, 0.15) is 38.9 Å². The number of anilines is 1. The van der Waals surface area contributed by atoms with Crippen LogP contribution in [-0.2, 0) is 13.0 Å². The summed E-state index contributed by atoms with van der Waals surface area (Å²) >= 11 is 0. The molecule has 2 aromatic rings. The van der Waals surface area contributed by atoms with Crippen molar-refractivity contribution in [1.82, 2.24) is 20.1 Å². The monoisotopic (exact) mass is 343 g/mol. The van der Waals surface area contributed by atoms with Gasteiger partial charge in [-0.25, -0.2) is 4.79 Å². The van der Waals surface area contributed by atoms with Crippen LogP contribution in [0.5, 0.6) is 0 Å². The van der Waals surface area contributed by atoms with E-state index in [0.29, 0.717) is 12.1 Å². The van der Waals surface area contributed by atoms with E-state index in [-0.39, 0.29) is 12.6 Å². The van der Waals surface area contributed by atoms with Gasteiger partial charge in [-0.1, -0.05) is 19.1 Å². The second-order valence-corrected chi connectivity index (χ2v) is 6.74. The van der Waals surface area contributed by atoms with Crippen LogP contribution < -0.4 is 10.6 Å². The molecule has 0 saturated carbocycles. The summed E-state index contributed by atoms with van der Waals surface area (Å²) in [6.07, 6.45) is 3.32. The van der Waals surface area contributed by atoms with Crippen LogP contribution in [0.25, 0.3) is 11.4 Å². The minimum Gasteiger partial charge on any atom is -0.396 e. The molecule has 7 nitrogen and oxygen atoms in total. The molecule has 0 saturated heterocycles. The third-order valence-corrected chi connectivity index (χ3v) is 4.85. The molecule has 1 atom stereocenters. The van der Waals surface area contributed by atoms with Crippen LogP contribution in [0.4, 0.5) is 10.5 Å². The number of hydrogen-bond donors (Lipinski definition) is 3. The van der Waals surface area contributed by atoms with Gasteiger partial charge < -0.3 is 20.3 Å². The van der Waals surface area contributed by atoms with Gasteiger partial charge in [-0.3, -0.25) is 0 Å². The third kappa shape index (κ3) is 3.82. The van der Waals surface area contributed by atoms with E-state index in [1.54, 1.807) is 0 Å². The predicted octanol–water partition coefficient (Wildman–Crippen LogP) is 2.56. The van der Waals surface area contributed by atoms with E-state index in [1.165, 1.54) is 0 Å². The molecule has 1 aliphatic rings. The Morgan fingerprint density at radius 2 is 2.24 bits per heavy atom. The number of rotatable bonds is 6. The second kappa shape index (κ2) is 7.23. The van der Waals surface area contributed by atoms with E-state index in [2.05, 4.69) is 25.4 Å². The van der Waals surface area contributed by atoms with Gasteiger partial charge >= 0.3 is 6.03 Å². The number of fused-ring (bicyclic) bond motifs is 1. The second-order valence-electron chi connectivity index (χ2n) is 6.74. The highest BCUT2D eigenvalue weighted by molar-refractivity contribution is 5.90. The first kappa shape index (κ1) is 17.4. The summed E-state index contributed by atoms with van der Waals surface area (Å²) in [7, 11) is 0. The molecule has 2 amide bonds. The maximum absolute atomic E-state index is 12.3. The molecule has 3 N–H and O–H groups in total. The quantitative estimate of drug-likeness (QED) is 0.751. The SMILES string of the molecule is CCC(C)(CCO)NC(=O)Nc1cccc(-c2nnc3n2CCC3)c1. The van der Waals surface area contributed by atoms with Gasteiger partial charge in [0.15, 0.2) is 5.82 Å². The number of nitrogens with one attached hydrogen (secondary N) is 2. The van der Waals surface area contributed by atoms with Gasteiger partial charge in [-0.05, 0) is 38.3 Å². The van der Waals surface area contributed by atoms with Gasteiger partial charge in [0.05, 0.1) is 0 Å². The third-order valence-electron chi connectivity index (χ3n) is 4.85. The van der Waals surface area contributed by atoms with Gasteiger partial charge in [-0.2, -0.15) is 0 Å². The number of aromatic nitrogens is 3. The summed E-state index contributed by atoms with van der Waals surface area (Å²) in [6.45, 7) is 4.89. The first-order chi connectivity index (χ1) is 12.0. The standard InChI is InChI=1S/C18H25N5O2/c1-3-18(2,9-11-24)20-17(25)19-14-7-4-6-13(12-14)16-22-21-15-8-5-10-23(15)16/h4,6-7,12,24H,3,5,8-11H2,1-2H3,(H2,19,20,25). The first-order valence-electron chi connectivity index (χ1n) is 8.77. The van der Waals surface area contributed by atoms with Gasteiger partial charge in [0.1, 0.15) is 5.82 Å². The molecule has 1 unspecified atom stereocenters. The number of carbonyl (C=O) groups is 1. The highest BCUT2D eigenvalue weighted by Gasteiger charge is 2.24. The Morgan fingerprint density at radius 3 is 3.00 bits per heavy atom. The molecule has 2 heterocycles. The predicted molar refractivity (Wildman–Crippen MR) is 96.3 cm³/mol. The summed E-state index contributed by atoms with van der Waals surface area (Å²) in [4.78, 5) is 12.3. The highest BCUT2D eigenvalue weighted by atomic mass is 16.3. The van der Waals surface area contributed by atoms with Crippen molar-refractivity contribution in [2.45, 2.75) is 51.6 Å². The summed E-state index contributed by atoms with van der Waals surface area (Å²) < 4.78 is 2.13. The Morgan fingerprint density at radius 1 is 1.40 bits per heavy atom. The van der Waals surface area contributed by atoms with E-state index in [0.717, 1.165) is 43.0 Å². The van der Waals surface area contributed by atoms with Crippen molar-refractivity contribution < 1.29 is 9.90 Å². The van der Waals surface area contributed by atoms with Crippen LogP contribution in [0, 0.1) is 0 Å². The average molecular weight is 343 g/mol. The molecule has 7 heteroatoms. The number of urea groups is 1. The lowest BCUT2D eigenvalue weighted by Gasteiger charge is -2.29. The van der Waals surface area contributed by atoms with E-state index < -0.39 is 5.54 Å². The van der Waals surface area contributed by atoms with Crippen LogP contribution in [0.3, 0.4) is 0 Å². The van der Waals surface area contributed by atoms with Crippen LogP contribution in [-0.4, -0.2) is 38.0 Å². The van der Waals surface area contributed by atoms with Crippen molar-refractivity contribution >= 4 is 11.7 Å². The zero-order valence-corrected chi connectivity index (χ0v) is 14.7. The maximum Gasteiger partial charge on any atom is 0.319 e. The minimum atomic E-state index is -0.426. The molecule has 134 valence electrons. The van der Waals surface area contributed by atoms with E-state index in [1.807, 2.05) is 38.1 Å². The van der Waals surface area contributed by atoms with Crippen molar-refractivity contribution in [2.24, 2.45) is 0 Å². The van der Waals surface area contributed by atoms with Crippen LogP contribution in [0.15, 0.2) is 24.3 Å². The molecule has 1 aliphatic heterocycles. The van der Waals surface area contributed by atoms with Gasteiger partial charge in [0.25, 0.3) is 0 Å². The molecule has 3 rings (SSSR count). The molecule has 0 radical (unpaired) electrons. The van der Waals surface area contributed by atoms with Crippen molar-refractivity contribution in [3.05, 3.63) is 30.1 Å². The minimum absolute atomic E-state index is 0.0398. The number of aliphatic hydroxyl groups is 1. The Balaban J connectivity index is 1.72. The van der Waals surface area contributed by atoms with E-state index in [9.17, 15) is 4.79 Å². The van der Waals surface area contributed by atoms with Gasteiger partial charge in [0, 0.05) is 36.4 Å². The van der Waals surface area contributed by atoms with Gasteiger partial charge in [0.2, 0.25) is 0 Å². The fourth-order valence-corrected chi connectivity index (χ4v) is 3.11.